The lowest BCUT2D eigenvalue weighted by Gasteiger charge is -2.18. The van der Waals surface area contributed by atoms with Gasteiger partial charge in [-0.1, -0.05) is 12.1 Å². The Morgan fingerprint density at radius 2 is 1.95 bits per heavy atom. The van der Waals surface area contributed by atoms with Crippen LogP contribution in [0.4, 0.5) is 13.2 Å². The van der Waals surface area contributed by atoms with Gasteiger partial charge >= 0.3 is 6.36 Å². The summed E-state index contributed by atoms with van der Waals surface area (Å²) in [5.41, 5.74) is 5.50. The van der Waals surface area contributed by atoms with Crippen LogP contribution in [0.15, 0.2) is 29.2 Å². The van der Waals surface area contributed by atoms with Crippen LogP contribution in [0.25, 0.3) is 0 Å². The SMILES string of the molecule is NCC(NS(=O)(=O)c1ccccc1OC(F)(F)F)C1CC1. The molecule has 118 valence electrons. The highest BCUT2D eigenvalue weighted by atomic mass is 32.2. The maximum Gasteiger partial charge on any atom is 0.573 e. The average molecular weight is 324 g/mol. The van der Waals surface area contributed by atoms with Crippen molar-refractivity contribution < 1.29 is 26.3 Å². The van der Waals surface area contributed by atoms with Crippen LogP contribution in [0, 0.1) is 5.92 Å². The molecule has 5 nitrogen and oxygen atoms in total. The summed E-state index contributed by atoms with van der Waals surface area (Å²) in [7, 11) is -4.13. The summed E-state index contributed by atoms with van der Waals surface area (Å²) in [5.74, 6) is -0.621. The fraction of sp³-hybridized carbons (Fsp3) is 0.500. The fourth-order valence-corrected chi connectivity index (χ4v) is 3.43. The van der Waals surface area contributed by atoms with Crippen LogP contribution in [0.2, 0.25) is 0 Å². The maximum atomic E-state index is 12.3. The number of sulfonamides is 1. The van der Waals surface area contributed by atoms with Crippen LogP contribution in [-0.2, 0) is 10.0 Å². The van der Waals surface area contributed by atoms with Gasteiger partial charge in [0.25, 0.3) is 0 Å². The lowest BCUT2D eigenvalue weighted by Crippen LogP contribution is -2.41. The molecule has 0 amide bonds. The maximum absolute atomic E-state index is 12.3. The largest absolute Gasteiger partial charge is 0.573 e. The van der Waals surface area contributed by atoms with Gasteiger partial charge in [0, 0.05) is 12.6 Å². The minimum Gasteiger partial charge on any atom is -0.404 e. The zero-order chi connectivity index (χ0) is 15.7. The molecule has 0 aliphatic heterocycles. The molecular formula is C12H15F3N2O3S. The first-order valence-corrected chi connectivity index (χ1v) is 7.78. The number of nitrogens with one attached hydrogen (secondary N) is 1. The summed E-state index contributed by atoms with van der Waals surface area (Å²) in [5, 5.41) is 0. The number of ether oxygens (including phenoxy) is 1. The molecular weight excluding hydrogens is 309 g/mol. The number of hydrogen-bond donors (Lipinski definition) is 2. The van der Waals surface area contributed by atoms with E-state index in [4.69, 9.17) is 5.73 Å². The number of para-hydroxylation sites is 1. The standard InChI is InChI=1S/C12H15F3N2O3S/c13-12(14,15)20-10-3-1-2-4-11(10)21(18,19)17-9(7-16)8-5-6-8/h1-4,8-9,17H,5-7,16H2. The normalized spacial score (nSPS) is 17.5. The molecule has 1 aromatic carbocycles. The zero-order valence-corrected chi connectivity index (χ0v) is 11.7. The van der Waals surface area contributed by atoms with Gasteiger partial charge in [0.05, 0.1) is 0 Å². The lowest BCUT2D eigenvalue weighted by atomic mass is 10.2. The number of alkyl halides is 3. The van der Waals surface area contributed by atoms with E-state index in [2.05, 4.69) is 9.46 Å². The number of hydrogen-bond acceptors (Lipinski definition) is 4. The summed E-state index contributed by atoms with van der Waals surface area (Å²) in [6, 6.07) is 4.13. The summed E-state index contributed by atoms with van der Waals surface area (Å²) in [6.45, 7) is 0.0895. The Labute approximate surface area is 120 Å². The van der Waals surface area contributed by atoms with Gasteiger partial charge in [-0.2, -0.15) is 0 Å². The molecule has 9 heteroatoms. The minimum atomic E-state index is -4.96. The van der Waals surface area contributed by atoms with Crippen LogP contribution in [0.5, 0.6) is 5.75 Å². The van der Waals surface area contributed by atoms with Crippen molar-refractivity contribution in [2.75, 3.05) is 6.54 Å². The summed E-state index contributed by atoms with van der Waals surface area (Å²) < 4.78 is 67.5. The molecule has 0 saturated heterocycles. The molecule has 1 unspecified atom stereocenters. The van der Waals surface area contributed by atoms with Crippen LogP contribution in [-0.4, -0.2) is 27.4 Å². The van der Waals surface area contributed by atoms with Gasteiger partial charge in [-0.05, 0) is 30.9 Å². The highest BCUT2D eigenvalue weighted by molar-refractivity contribution is 7.89. The summed E-state index contributed by atoms with van der Waals surface area (Å²) in [4.78, 5) is -0.554. The van der Waals surface area contributed by atoms with Gasteiger partial charge in [-0.15, -0.1) is 13.2 Å². The number of rotatable bonds is 6. The van der Waals surface area contributed by atoms with Gasteiger partial charge in [-0.3, -0.25) is 0 Å². The molecule has 0 bridgehead atoms. The zero-order valence-electron chi connectivity index (χ0n) is 10.9. The quantitative estimate of drug-likeness (QED) is 0.833. The second-order valence-corrected chi connectivity index (χ2v) is 6.48. The number of halogens is 3. The lowest BCUT2D eigenvalue weighted by molar-refractivity contribution is -0.275. The third-order valence-electron chi connectivity index (χ3n) is 3.12. The fourth-order valence-electron chi connectivity index (χ4n) is 1.98. The van der Waals surface area contributed by atoms with E-state index >= 15 is 0 Å². The molecule has 0 heterocycles. The van der Waals surface area contributed by atoms with Crippen LogP contribution in [0.3, 0.4) is 0 Å². The molecule has 1 aromatic rings. The Morgan fingerprint density at radius 3 is 2.48 bits per heavy atom. The van der Waals surface area contributed by atoms with Crippen LogP contribution >= 0.6 is 0 Å². The molecule has 1 aliphatic rings. The van der Waals surface area contributed by atoms with E-state index < -0.39 is 33.1 Å². The average Bonchev–Trinajstić information content (AvgIpc) is 3.18. The molecule has 1 atom stereocenters. The van der Waals surface area contributed by atoms with Crippen LogP contribution in [0.1, 0.15) is 12.8 Å². The Bertz CT molecular complexity index is 600. The first kappa shape index (κ1) is 16.1. The molecule has 0 aromatic heterocycles. The molecule has 0 spiro atoms. The molecule has 3 N–H and O–H groups in total. The van der Waals surface area contributed by atoms with E-state index in [-0.39, 0.29) is 12.5 Å². The van der Waals surface area contributed by atoms with E-state index in [9.17, 15) is 21.6 Å². The van der Waals surface area contributed by atoms with E-state index in [1.807, 2.05) is 0 Å². The molecule has 1 fully saturated rings. The van der Waals surface area contributed by atoms with E-state index in [1.54, 1.807) is 0 Å². The van der Waals surface area contributed by atoms with Gasteiger partial charge in [0.1, 0.15) is 10.6 Å². The van der Waals surface area contributed by atoms with Crippen molar-refractivity contribution in [3.05, 3.63) is 24.3 Å². The number of benzene rings is 1. The first-order valence-electron chi connectivity index (χ1n) is 6.30. The summed E-state index contributed by atoms with van der Waals surface area (Å²) in [6.07, 6.45) is -3.26. The molecule has 0 radical (unpaired) electrons. The molecule has 21 heavy (non-hydrogen) atoms. The van der Waals surface area contributed by atoms with Gasteiger partial charge < -0.3 is 10.5 Å². The van der Waals surface area contributed by atoms with Crippen molar-refractivity contribution in [3.63, 3.8) is 0 Å². The predicted molar refractivity (Wildman–Crippen MR) is 69.0 cm³/mol. The Hall–Kier alpha value is -1.32. The molecule has 1 aliphatic carbocycles. The topological polar surface area (TPSA) is 81.4 Å². The minimum absolute atomic E-state index is 0.0895. The van der Waals surface area contributed by atoms with Crippen molar-refractivity contribution in [2.24, 2.45) is 11.7 Å². The second-order valence-electron chi connectivity index (χ2n) is 4.80. The smallest absolute Gasteiger partial charge is 0.404 e. The van der Waals surface area contributed by atoms with Crippen molar-refractivity contribution in [2.45, 2.75) is 30.1 Å². The molecule has 1 saturated carbocycles. The first-order chi connectivity index (χ1) is 9.73. The van der Waals surface area contributed by atoms with E-state index in [1.165, 1.54) is 12.1 Å². The van der Waals surface area contributed by atoms with Gasteiger partial charge in [0.2, 0.25) is 10.0 Å². The van der Waals surface area contributed by atoms with Gasteiger partial charge in [-0.25, -0.2) is 13.1 Å². The van der Waals surface area contributed by atoms with Crippen molar-refractivity contribution in [1.82, 2.24) is 4.72 Å². The molecule has 2 rings (SSSR count). The predicted octanol–water partition coefficient (Wildman–Crippen LogP) is 1.60. The van der Waals surface area contributed by atoms with Gasteiger partial charge in [0.15, 0.2) is 0 Å². The van der Waals surface area contributed by atoms with Crippen molar-refractivity contribution in [1.29, 1.82) is 0 Å². The third-order valence-corrected chi connectivity index (χ3v) is 4.65. The highest BCUT2D eigenvalue weighted by Gasteiger charge is 2.36. The second kappa shape index (κ2) is 5.82. The van der Waals surface area contributed by atoms with Crippen LogP contribution < -0.4 is 15.2 Å². The summed E-state index contributed by atoms with van der Waals surface area (Å²) >= 11 is 0. The Balaban J connectivity index is 2.27. The van der Waals surface area contributed by atoms with E-state index in [0.717, 1.165) is 25.0 Å². The highest BCUT2D eigenvalue weighted by Crippen LogP contribution is 2.34. The van der Waals surface area contributed by atoms with Crippen molar-refractivity contribution in [3.8, 4) is 5.75 Å². The monoisotopic (exact) mass is 324 g/mol. The Kier molecular flexibility index (Phi) is 4.45. The van der Waals surface area contributed by atoms with Crippen molar-refractivity contribution >= 4 is 10.0 Å². The van der Waals surface area contributed by atoms with E-state index in [0.29, 0.717) is 0 Å². The number of nitrogens with two attached hydrogens (primary N) is 1. The Morgan fingerprint density at radius 1 is 1.33 bits per heavy atom. The third kappa shape index (κ3) is 4.32.